The van der Waals surface area contributed by atoms with Crippen molar-refractivity contribution in [2.75, 3.05) is 11.9 Å². The molecular weight excluding hydrogens is 429 g/mol. The maximum atomic E-state index is 12.9. The van der Waals surface area contributed by atoms with Crippen LogP contribution in [0.25, 0.3) is 0 Å². The summed E-state index contributed by atoms with van der Waals surface area (Å²) in [7, 11) is -4.10. The summed E-state index contributed by atoms with van der Waals surface area (Å²) in [5, 5.41) is 5.61. The minimum atomic E-state index is -4.63. The maximum Gasteiger partial charge on any atom is 0.416 e. The number of alkyl halides is 3. The summed E-state index contributed by atoms with van der Waals surface area (Å²) in [5.74, 6) is 0. The Hall–Kier alpha value is -2.18. The first-order valence-corrected chi connectivity index (χ1v) is 11.0. The Morgan fingerprint density at radius 3 is 2.69 bits per heavy atom. The molecule has 3 rings (SSSR count). The molecule has 2 amide bonds. The van der Waals surface area contributed by atoms with Gasteiger partial charge in [0.05, 0.1) is 22.7 Å². The lowest BCUT2D eigenvalue weighted by Gasteiger charge is -2.25. The second-order valence-electron chi connectivity index (χ2n) is 6.76. The molecule has 0 fully saturated rings. The molecule has 2 N–H and O–H groups in total. The standard InChI is InChI=1S/C17H19F3N4O3S2/c1-10(2)21-15(25)23-16-22-13-6-7-24(9-14(13)28-16)29(26,27)12-5-3-4-11(8-12)17(18,19)20/h3-5,8,10H,6-7,9H2,1-2H3,(H2,21,22,23,25). The molecule has 7 nitrogen and oxygen atoms in total. The Balaban J connectivity index is 1.79. The first-order chi connectivity index (χ1) is 13.5. The van der Waals surface area contributed by atoms with Gasteiger partial charge in [-0.1, -0.05) is 17.4 Å². The van der Waals surface area contributed by atoms with Gasteiger partial charge in [-0.15, -0.1) is 0 Å². The van der Waals surface area contributed by atoms with Crippen LogP contribution in [-0.4, -0.2) is 36.3 Å². The normalized spacial score (nSPS) is 15.2. The van der Waals surface area contributed by atoms with E-state index in [4.69, 9.17) is 0 Å². The molecule has 29 heavy (non-hydrogen) atoms. The summed E-state index contributed by atoms with van der Waals surface area (Å²) in [6, 6.07) is 3.22. The number of hydrogen-bond acceptors (Lipinski definition) is 5. The van der Waals surface area contributed by atoms with Crippen LogP contribution in [0.4, 0.5) is 23.1 Å². The Kier molecular flexibility index (Phi) is 5.88. The number of nitrogens with one attached hydrogen (secondary N) is 2. The molecule has 0 unspecified atom stereocenters. The molecule has 1 aromatic carbocycles. The van der Waals surface area contributed by atoms with E-state index >= 15 is 0 Å². The van der Waals surface area contributed by atoms with Gasteiger partial charge in [-0.25, -0.2) is 18.2 Å². The summed E-state index contributed by atoms with van der Waals surface area (Å²) < 4.78 is 65.6. The molecule has 0 atom stereocenters. The molecule has 0 bridgehead atoms. The first kappa shape index (κ1) is 21.5. The molecule has 0 saturated carbocycles. The van der Waals surface area contributed by atoms with Crippen LogP contribution in [-0.2, 0) is 29.2 Å². The van der Waals surface area contributed by atoms with Crippen LogP contribution >= 0.6 is 11.3 Å². The minimum Gasteiger partial charge on any atom is -0.336 e. The van der Waals surface area contributed by atoms with E-state index in [9.17, 15) is 26.4 Å². The first-order valence-electron chi connectivity index (χ1n) is 8.70. The molecule has 2 aromatic rings. The Bertz CT molecular complexity index is 1020. The SMILES string of the molecule is CC(C)NC(=O)Nc1nc2c(s1)CN(S(=O)(=O)c1cccc(C(F)(F)F)c1)CC2. The number of thiazole rings is 1. The van der Waals surface area contributed by atoms with Crippen molar-refractivity contribution in [2.24, 2.45) is 0 Å². The highest BCUT2D eigenvalue weighted by Gasteiger charge is 2.34. The van der Waals surface area contributed by atoms with Crippen molar-refractivity contribution >= 4 is 32.5 Å². The number of sulfonamides is 1. The number of carbonyl (C=O) groups is 1. The van der Waals surface area contributed by atoms with E-state index in [1.165, 1.54) is 0 Å². The van der Waals surface area contributed by atoms with Crippen LogP contribution < -0.4 is 10.6 Å². The monoisotopic (exact) mass is 448 g/mol. The van der Waals surface area contributed by atoms with Gasteiger partial charge in [0.1, 0.15) is 0 Å². The summed E-state index contributed by atoms with van der Waals surface area (Å²) >= 11 is 1.14. The lowest BCUT2D eigenvalue weighted by Crippen LogP contribution is -2.35. The van der Waals surface area contributed by atoms with Crippen molar-refractivity contribution < 1.29 is 26.4 Å². The molecule has 0 aliphatic carbocycles. The predicted octanol–water partition coefficient (Wildman–Crippen LogP) is 3.44. The number of rotatable bonds is 4. The zero-order valence-corrected chi connectivity index (χ0v) is 17.2. The van der Waals surface area contributed by atoms with E-state index in [2.05, 4.69) is 15.6 Å². The topological polar surface area (TPSA) is 91.4 Å². The highest BCUT2D eigenvalue weighted by Crippen LogP contribution is 2.34. The number of anilines is 1. The number of benzene rings is 1. The number of urea groups is 1. The van der Waals surface area contributed by atoms with Crippen LogP contribution in [0, 0.1) is 0 Å². The predicted molar refractivity (Wildman–Crippen MR) is 102 cm³/mol. The van der Waals surface area contributed by atoms with Gasteiger partial charge < -0.3 is 5.32 Å². The molecule has 2 heterocycles. The Morgan fingerprint density at radius 2 is 2.03 bits per heavy atom. The zero-order chi connectivity index (χ0) is 21.4. The molecule has 0 radical (unpaired) electrons. The van der Waals surface area contributed by atoms with Gasteiger partial charge in [-0.3, -0.25) is 5.32 Å². The Labute approximate surface area is 170 Å². The summed E-state index contributed by atoms with van der Waals surface area (Å²) in [5.41, 5.74) is -0.345. The smallest absolute Gasteiger partial charge is 0.336 e. The molecule has 1 aliphatic rings. The summed E-state index contributed by atoms with van der Waals surface area (Å²) in [4.78, 5) is 16.4. The van der Waals surface area contributed by atoms with Crippen molar-refractivity contribution in [1.82, 2.24) is 14.6 Å². The van der Waals surface area contributed by atoms with Gasteiger partial charge in [-0.05, 0) is 32.0 Å². The van der Waals surface area contributed by atoms with E-state index < -0.39 is 32.7 Å². The third-order valence-electron chi connectivity index (χ3n) is 4.14. The largest absolute Gasteiger partial charge is 0.416 e. The molecule has 158 valence electrons. The van der Waals surface area contributed by atoms with E-state index in [-0.39, 0.29) is 19.1 Å². The second kappa shape index (κ2) is 7.92. The Morgan fingerprint density at radius 1 is 1.31 bits per heavy atom. The summed E-state index contributed by atoms with van der Waals surface area (Å²) in [6.07, 6.45) is -4.33. The zero-order valence-electron chi connectivity index (χ0n) is 15.6. The molecule has 1 aromatic heterocycles. The highest BCUT2D eigenvalue weighted by molar-refractivity contribution is 7.89. The van der Waals surface area contributed by atoms with Crippen LogP contribution in [0.5, 0.6) is 0 Å². The third-order valence-corrected chi connectivity index (χ3v) is 6.97. The van der Waals surface area contributed by atoms with Gasteiger partial charge in [0, 0.05) is 23.9 Å². The van der Waals surface area contributed by atoms with Gasteiger partial charge >= 0.3 is 12.2 Å². The van der Waals surface area contributed by atoms with Gasteiger partial charge in [0.2, 0.25) is 10.0 Å². The van der Waals surface area contributed by atoms with Gasteiger partial charge in [-0.2, -0.15) is 17.5 Å². The van der Waals surface area contributed by atoms with E-state index in [1.807, 2.05) is 13.8 Å². The molecule has 0 spiro atoms. The van der Waals surface area contributed by atoms with E-state index in [0.29, 0.717) is 28.2 Å². The number of halogens is 3. The fourth-order valence-corrected chi connectivity index (χ4v) is 5.36. The van der Waals surface area contributed by atoms with Crippen molar-refractivity contribution in [3.05, 3.63) is 40.4 Å². The molecule has 1 aliphatic heterocycles. The number of aromatic nitrogens is 1. The van der Waals surface area contributed by atoms with E-state index in [1.54, 1.807) is 0 Å². The van der Waals surface area contributed by atoms with Gasteiger partial charge in [0.15, 0.2) is 5.13 Å². The minimum absolute atomic E-state index is 0.0148. The van der Waals surface area contributed by atoms with Crippen molar-refractivity contribution in [3.8, 4) is 0 Å². The highest BCUT2D eigenvalue weighted by atomic mass is 32.2. The van der Waals surface area contributed by atoms with Crippen LogP contribution in [0.15, 0.2) is 29.2 Å². The number of hydrogen-bond donors (Lipinski definition) is 2. The molecular formula is C17H19F3N4O3S2. The van der Waals surface area contributed by atoms with Crippen molar-refractivity contribution in [1.29, 1.82) is 0 Å². The number of fused-ring (bicyclic) bond motifs is 1. The number of amides is 2. The summed E-state index contributed by atoms with van der Waals surface area (Å²) in [6.45, 7) is 3.69. The number of carbonyl (C=O) groups excluding carboxylic acids is 1. The quantitative estimate of drug-likeness (QED) is 0.750. The van der Waals surface area contributed by atoms with Crippen LogP contribution in [0.1, 0.15) is 30.0 Å². The fourth-order valence-electron chi connectivity index (χ4n) is 2.81. The third kappa shape index (κ3) is 4.87. The average molecular weight is 448 g/mol. The lowest BCUT2D eigenvalue weighted by atomic mass is 10.2. The molecule has 0 saturated heterocycles. The average Bonchev–Trinajstić information content (AvgIpc) is 3.01. The fraction of sp³-hybridized carbons (Fsp3) is 0.412. The van der Waals surface area contributed by atoms with Crippen LogP contribution in [0.3, 0.4) is 0 Å². The van der Waals surface area contributed by atoms with Crippen molar-refractivity contribution in [2.45, 2.75) is 43.9 Å². The lowest BCUT2D eigenvalue weighted by molar-refractivity contribution is -0.137. The number of nitrogens with zero attached hydrogens (tertiary/aromatic N) is 2. The maximum absolute atomic E-state index is 12.9. The molecule has 12 heteroatoms. The van der Waals surface area contributed by atoms with E-state index in [0.717, 1.165) is 33.8 Å². The van der Waals surface area contributed by atoms with Crippen molar-refractivity contribution in [3.63, 3.8) is 0 Å². The second-order valence-corrected chi connectivity index (χ2v) is 9.78. The van der Waals surface area contributed by atoms with Gasteiger partial charge in [0.25, 0.3) is 0 Å². The van der Waals surface area contributed by atoms with Crippen LogP contribution in [0.2, 0.25) is 0 Å².